The quantitative estimate of drug-likeness (QED) is 0.754. The van der Waals surface area contributed by atoms with Crippen molar-refractivity contribution in [2.24, 2.45) is 0 Å². The number of rotatable bonds is 2. The minimum absolute atomic E-state index is 0.400. The van der Waals surface area contributed by atoms with Crippen molar-refractivity contribution >= 4 is 33.2 Å². The first-order valence-electron chi connectivity index (χ1n) is 3.92. The summed E-state index contributed by atoms with van der Waals surface area (Å²) < 4.78 is 6.10. The Morgan fingerprint density at radius 2 is 2.31 bits per heavy atom. The second-order valence-electron chi connectivity index (χ2n) is 2.76. The minimum atomic E-state index is 0.400. The Bertz CT molecular complexity index is 445. The number of aldehydes is 1. The molecule has 0 fully saturated rings. The summed E-state index contributed by atoms with van der Waals surface area (Å²) in [5.41, 5.74) is 1.72. The molecule has 0 aliphatic heterocycles. The highest BCUT2D eigenvalue weighted by molar-refractivity contribution is 9.10. The SMILES string of the molecule is O=CCc1cccc2cc(Br)oc12. The van der Waals surface area contributed by atoms with Gasteiger partial charge in [0.2, 0.25) is 0 Å². The fourth-order valence-electron chi connectivity index (χ4n) is 1.34. The molecular weight excluding hydrogens is 232 g/mol. The van der Waals surface area contributed by atoms with Gasteiger partial charge in [0.25, 0.3) is 0 Å². The van der Waals surface area contributed by atoms with Crippen molar-refractivity contribution in [3.8, 4) is 0 Å². The first-order valence-corrected chi connectivity index (χ1v) is 4.71. The Labute approximate surface area is 83.7 Å². The predicted octanol–water partition coefficient (Wildman–Crippen LogP) is 2.94. The summed E-state index contributed by atoms with van der Waals surface area (Å²) in [4.78, 5) is 10.4. The maximum Gasteiger partial charge on any atom is 0.170 e. The lowest BCUT2D eigenvalue weighted by molar-refractivity contribution is -0.107. The molecule has 2 rings (SSSR count). The lowest BCUT2D eigenvalue weighted by Gasteiger charge is -1.94. The van der Waals surface area contributed by atoms with E-state index in [1.165, 1.54) is 0 Å². The van der Waals surface area contributed by atoms with Crippen LogP contribution in [0.1, 0.15) is 5.56 Å². The standard InChI is InChI=1S/C10H7BrO2/c11-9-6-8-3-1-2-7(4-5-12)10(8)13-9/h1-3,5-6H,4H2. The lowest BCUT2D eigenvalue weighted by atomic mass is 10.1. The first kappa shape index (κ1) is 8.51. The molecular formula is C10H7BrO2. The first-order chi connectivity index (χ1) is 6.31. The van der Waals surface area contributed by atoms with Crippen molar-refractivity contribution in [3.63, 3.8) is 0 Å². The Morgan fingerprint density at radius 3 is 3.08 bits per heavy atom. The van der Waals surface area contributed by atoms with E-state index >= 15 is 0 Å². The highest BCUT2D eigenvalue weighted by Crippen LogP contribution is 2.26. The van der Waals surface area contributed by atoms with Crippen LogP contribution in [0.3, 0.4) is 0 Å². The molecule has 0 spiro atoms. The molecule has 0 unspecified atom stereocenters. The minimum Gasteiger partial charge on any atom is -0.449 e. The van der Waals surface area contributed by atoms with E-state index in [0.717, 1.165) is 22.8 Å². The van der Waals surface area contributed by atoms with Gasteiger partial charge in [-0.2, -0.15) is 0 Å². The normalized spacial score (nSPS) is 10.5. The van der Waals surface area contributed by atoms with Crippen LogP contribution in [-0.4, -0.2) is 6.29 Å². The van der Waals surface area contributed by atoms with Gasteiger partial charge < -0.3 is 9.21 Å². The van der Waals surface area contributed by atoms with Crippen LogP contribution in [-0.2, 0) is 11.2 Å². The Balaban J connectivity index is 2.67. The summed E-state index contributed by atoms with van der Waals surface area (Å²) in [6.07, 6.45) is 1.28. The molecule has 13 heavy (non-hydrogen) atoms. The number of para-hydroxylation sites is 1. The van der Waals surface area contributed by atoms with Gasteiger partial charge in [0.05, 0.1) is 0 Å². The van der Waals surface area contributed by atoms with E-state index in [9.17, 15) is 4.79 Å². The van der Waals surface area contributed by atoms with Crippen molar-refractivity contribution in [2.45, 2.75) is 6.42 Å². The van der Waals surface area contributed by atoms with Gasteiger partial charge in [0.1, 0.15) is 11.9 Å². The Morgan fingerprint density at radius 1 is 1.46 bits per heavy atom. The van der Waals surface area contributed by atoms with Crippen LogP contribution >= 0.6 is 15.9 Å². The lowest BCUT2D eigenvalue weighted by Crippen LogP contribution is -1.84. The second kappa shape index (κ2) is 3.34. The zero-order valence-electron chi connectivity index (χ0n) is 6.79. The van der Waals surface area contributed by atoms with Crippen LogP contribution in [0.25, 0.3) is 11.0 Å². The molecule has 0 saturated carbocycles. The van der Waals surface area contributed by atoms with E-state index in [1.807, 2.05) is 24.3 Å². The second-order valence-corrected chi connectivity index (χ2v) is 3.54. The molecule has 1 heterocycles. The van der Waals surface area contributed by atoms with Gasteiger partial charge in [0.15, 0.2) is 4.67 Å². The average Bonchev–Trinajstić information content (AvgIpc) is 2.47. The maximum atomic E-state index is 10.4. The van der Waals surface area contributed by atoms with E-state index < -0.39 is 0 Å². The number of hydrogen-bond donors (Lipinski definition) is 0. The molecule has 0 aliphatic carbocycles. The molecule has 1 aromatic carbocycles. The van der Waals surface area contributed by atoms with Gasteiger partial charge in [-0.05, 0) is 22.0 Å². The van der Waals surface area contributed by atoms with Crippen molar-refractivity contribution < 1.29 is 9.21 Å². The third kappa shape index (κ3) is 1.52. The summed E-state index contributed by atoms with van der Waals surface area (Å²) in [5, 5.41) is 1.02. The van der Waals surface area contributed by atoms with Gasteiger partial charge in [-0.15, -0.1) is 0 Å². The molecule has 3 heteroatoms. The van der Waals surface area contributed by atoms with E-state index in [1.54, 1.807) is 0 Å². The van der Waals surface area contributed by atoms with E-state index in [0.29, 0.717) is 11.1 Å². The number of fused-ring (bicyclic) bond motifs is 1. The Hall–Kier alpha value is -1.09. The highest BCUT2D eigenvalue weighted by Gasteiger charge is 2.05. The zero-order valence-corrected chi connectivity index (χ0v) is 8.37. The van der Waals surface area contributed by atoms with Gasteiger partial charge in [-0.25, -0.2) is 0 Å². The average molecular weight is 239 g/mol. The van der Waals surface area contributed by atoms with E-state index in [4.69, 9.17) is 4.42 Å². The summed E-state index contributed by atoms with van der Waals surface area (Å²) in [6, 6.07) is 7.66. The van der Waals surface area contributed by atoms with Crippen LogP contribution in [0, 0.1) is 0 Å². The Kier molecular flexibility index (Phi) is 2.19. The third-order valence-corrected chi connectivity index (χ3v) is 2.29. The van der Waals surface area contributed by atoms with Gasteiger partial charge in [0, 0.05) is 17.4 Å². The van der Waals surface area contributed by atoms with Gasteiger partial charge in [-0.1, -0.05) is 18.2 Å². The molecule has 1 aromatic heterocycles. The van der Waals surface area contributed by atoms with Crippen molar-refractivity contribution in [1.82, 2.24) is 0 Å². The van der Waals surface area contributed by atoms with E-state index in [-0.39, 0.29) is 0 Å². The van der Waals surface area contributed by atoms with Crippen LogP contribution in [0.2, 0.25) is 0 Å². The number of carbonyl (C=O) groups excluding carboxylic acids is 1. The molecule has 2 aromatic rings. The third-order valence-electron chi connectivity index (χ3n) is 1.90. The maximum absolute atomic E-state index is 10.4. The number of hydrogen-bond acceptors (Lipinski definition) is 2. The van der Waals surface area contributed by atoms with E-state index in [2.05, 4.69) is 15.9 Å². The molecule has 2 nitrogen and oxygen atoms in total. The molecule has 0 amide bonds. The number of carbonyl (C=O) groups is 1. The monoisotopic (exact) mass is 238 g/mol. The topological polar surface area (TPSA) is 30.2 Å². The molecule has 0 saturated heterocycles. The largest absolute Gasteiger partial charge is 0.449 e. The molecule has 66 valence electrons. The zero-order chi connectivity index (χ0) is 9.26. The van der Waals surface area contributed by atoms with Gasteiger partial charge >= 0.3 is 0 Å². The number of furan rings is 1. The van der Waals surface area contributed by atoms with Crippen molar-refractivity contribution in [1.29, 1.82) is 0 Å². The predicted molar refractivity (Wildman–Crippen MR) is 53.7 cm³/mol. The molecule has 0 N–H and O–H groups in total. The number of benzene rings is 1. The molecule has 0 radical (unpaired) electrons. The fourth-order valence-corrected chi connectivity index (χ4v) is 1.75. The molecule has 0 aliphatic rings. The summed E-state index contributed by atoms with van der Waals surface area (Å²) >= 11 is 3.25. The van der Waals surface area contributed by atoms with Gasteiger partial charge in [-0.3, -0.25) is 0 Å². The fraction of sp³-hybridized carbons (Fsp3) is 0.100. The van der Waals surface area contributed by atoms with Crippen LogP contribution in [0.4, 0.5) is 0 Å². The molecule has 0 bridgehead atoms. The summed E-state index contributed by atoms with van der Waals surface area (Å²) in [7, 11) is 0. The number of halogens is 1. The van der Waals surface area contributed by atoms with Crippen molar-refractivity contribution in [2.75, 3.05) is 0 Å². The summed E-state index contributed by atoms with van der Waals surface area (Å²) in [5.74, 6) is 0. The van der Waals surface area contributed by atoms with Crippen LogP contribution in [0.15, 0.2) is 33.4 Å². The van der Waals surface area contributed by atoms with Crippen LogP contribution in [0.5, 0.6) is 0 Å². The molecule has 0 atom stereocenters. The van der Waals surface area contributed by atoms with Crippen molar-refractivity contribution in [3.05, 3.63) is 34.5 Å². The summed E-state index contributed by atoms with van der Waals surface area (Å²) in [6.45, 7) is 0. The highest BCUT2D eigenvalue weighted by atomic mass is 79.9. The van der Waals surface area contributed by atoms with Crippen LogP contribution < -0.4 is 0 Å². The smallest absolute Gasteiger partial charge is 0.170 e.